The second-order valence-electron chi connectivity index (χ2n) is 5.36. The van der Waals surface area contributed by atoms with E-state index >= 15 is 0 Å². The molecule has 0 aromatic heterocycles. The van der Waals surface area contributed by atoms with Crippen LogP contribution in [0.15, 0.2) is 53.5 Å². The predicted molar refractivity (Wildman–Crippen MR) is 90.3 cm³/mol. The van der Waals surface area contributed by atoms with Crippen molar-refractivity contribution in [3.63, 3.8) is 0 Å². The lowest BCUT2D eigenvalue weighted by molar-refractivity contribution is -0.118. The number of Topliss-reactive ketones (excluding diaryl/α,β-unsaturated/α-hetero) is 1. The van der Waals surface area contributed by atoms with E-state index in [0.717, 1.165) is 0 Å². The average Bonchev–Trinajstić information content (AvgIpc) is 2.52. The molecule has 1 atom stereocenters. The van der Waals surface area contributed by atoms with Crippen LogP contribution in [0.2, 0.25) is 10.0 Å². The number of hydrogen-bond donors (Lipinski definition) is 1. The summed E-state index contributed by atoms with van der Waals surface area (Å²) in [6.07, 6.45) is 0. The van der Waals surface area contributed by atoms with Crippen molar-refractivity contribution in [3.05, 3.63) is 69.7 Å². The lowest BCUT2D eigenvalue weighted by Gasteiger charge is -2.32. The summed E-state index contributed by atoms with van der Waals surface area (Å²) in [4.78, 5) is 28.8. The van der Waals surface area contributed by atoms with E-state index in [4.69, 9.17) is 23.2 Å². The summed E-state index contributed by atoms with van der Waals surface area (Å²) in [5.41, 5.74) is 0.109. The van der Waals surface area contributed by atoms with Gasteiger partial charge >= 0.3 is 6.03 Å². The average molecular weight is 347 g/mol. The first-order valence-electron chi connectivity index (χ1n) is 6.88. The number of carbonyl (C=O) groups is 2. The molecule has 1 N–H and O–H groups in total. The number of aliphatic imine (C=N–C) groups is 1. The van der Waals surface area contributed by atoms with Gasteiger partial charge in [0.25, 0.3) is 0 Å². The number of carbonyl (C=O) groups excluding carboxylic acids is 2. The molecule has 0 spiro atoms. The molecule has 1 heterocycles. The van der Waals surface area contributed by atoms with Crippen LogP contribution in [0, 0.1) is 0 Å². The standard InChI is InChI=1S/C17H12Cl2N2O2/c1-17(11-4-8-13(19)9-5-11)15(22)14(20-16(23)21-17)10-2-6-12(18)7-3-10/h2-9H,1H3,(H,21,23). The van der Waals surface area contributed by atoms with Crippen molar-refractivity contribution in [1.29, 1.82) is 0 Å². The van der Waals surface area contributed by atoms with E-state index in [1.807, 2.05) is 0 Å². The van der Waals surface area contributed by atoms with Crippen molar-refractivity contribution in [3.8, 4) is 0 Å². The molecule has 0 radical (unpaired) electrons. The molecule has 2 aromatic rings. The van der Waals surface area contributed by atoms with Crippen LogP contribution in [0.5, 0.6) is 0 Å². The molecular formula is C17H12Cl2N2O2. The third kappa shape index (κ3) is 2.87. The lowest BCUT2D eigenvalue weighted by Crippen LogP contribution is -2.55. The SMILES string of the molecule is CC1(c2ccc(Cl)cc2)NC(=O)N=C(c2ccc(Cl)cc2)C1=O. The Kier molecular flexibility index (Phi) is 3.96. The highest BCUT2D eigenvalue weighted by Gasteiger charge is 2.43. The van der Waals surface area contributed by atoms with Gasteiger partial charge in [0, 0.05) is 15.6 Å². The largest absolute Gasteiger partial charge is 0.342 e. The highest BCUT2D eigenvalue weighted by molar-refractivity contribution is 6.51. The molecule has 23 heavy (non-hydrogen) atoms. The molecule has 1 unspecified atom stereocenters. The number of ketones is 1. The minimum Gasteiger partial charge on any atom is -0.319 e. The molecule has 3 rings (SSSR count). The molecule has 2 aromatic carbocycles. The normalized spacial score (nSPS) is 20.9. The Labute approximate surface area is 143 Å². The van der Waals surface area contributed by atoms with Gasteiger partial charge in [-0.1, -0.05) is 47.5 Å². The van der Waals surface area contributed by atoms with Crippen LogP contribution in [-0.4, -0.2) is 17.5 Å². The van der Waals surface area contributed by atoms with E-state index in [9.17, 15) is 9.59 Å². The summed E-state index contributed by atoms with van der Waals surface area (Å²) in [6.45, 7) is 1.65. The molecule has 116 valence electrons. The number of urea groups is 1. The van der Waals surface area contributed by atoms with Crippen LogP contribution in [0.1, 0.15) is 18.1 Å². The van der Waals surface area contributed by atoms with Gasteiger partial charge in [-0.05, 0) is 36.8 Å². The summed E-state index contributed by atoms with van der Waals surface area (Å²) in [7, 11) is 0. The summed E-state index contributed by atoms with van der Waals surface area (Å²) in [6, 6.07) is 12.9. The molecule has 2 amide bonds. The van der Waals surface area contributed by atoms with E-state index in [1.54, 1.807) is 55.5 Å². The van der Waals surface area contributed by atoms with Gasteiger partial charge in [0.2, 0.25) is 5.78 Å². The van der Waals surface area contributed by atoms with Crippen LogP contribution in [-0.2, 0) is 10.3 Å². The molecule has 0 saturated heterocycles. The van der Waals surface area contributed by atoms with Gasteiger partial charge in [0.05, 0.1) is 0 Å². The first-order chi connectivity index (χ1) is 10.9. The zero-order chi connectivity index (χ0) is 16.6. The van der Waals surface area contributed by atoms with Crippen molar-refractivity contribution in [2.45, 2.75) is 12.5 Å². The molecule has 0 aliphatic carbocycles. The Morgan fingerprint density at radius 3 is 2.00 bits per heavy atom. The van der Waals surface area contributed by atoms with Crippen LogP contribution < -0.4 is 5.32 Å². The van der Waals surface area contributed by atoms with Gasteiger partial charge in [-0.25, -0.2) is 4.79 Å². The van der Waals surface area contributed by atoms with Crippen LogP contribution in [0.3, 0.4) is 0 Å². The minimum absolute atomic E-state index is 0.114. The molecule has 0 bridgehead atoms. The van der Waals surface area contributed by atoms with E-state index in [1.165, 1.54) is 0 Å². The number of halogens is 2. The third-order valence-electron chi connectivity index (χ3n) is 3.78. The Morgan fingerprint density at radius 1 is 0.913 bits per heavy atom. The summed E-state index contributed by atoms with van der Waals surface area (Å²) in [5, 5.41) is 3.74. The quantitative estimate of drug-likeness (QED) is 0.893. The van der Waals surface area contributed by atoms with Gasteiger partial charge < -0.3 is 5.32 Å². The van der Waals surface area contributed by atoms with Crippen molar-refractivity contribution in [2.24, 2.45) is 4.99 Å². The molecule has 6 heteroatoms. The summed E-state index contributed by atoms with van der Waals surface area (Å²) < 4.78 is 0. The van der Waals surface area contributed by atoms with Crippen LogP contribution in [0.25, 0.3) is 0 Å². The zero-order valence-electron chi connectivity index (χ0n) is 12.1. The maximum Gasteiger partial charge on any atom is 0.342 e. The molecular weight excluding hydrogens is 335 g/mol. The van der Waals surface area contributed by atoms with Crippen LogP contribution >= 0.6 is 23.2 Å². The highest BCUT2D eigenvalue weighted by atomic mass is 35.5. The molecule has 1 aliphatic rings. The number of nitrogens with one attached hydrogen (secondary N) is 1. The Hall–Kier alpha value is -2.17. The van der Waals surface area contributed by atoms with E-state index in [0.29, 0.717) is 21.2 Å². The first-order valence-corrected chi connectivity index (χ1v) is 7.63. The van der Waals surface area contributed by atoms with Gasteiger partial charge in [-0.2, -0.15) is 4.99 Å². The Balaban J connectivity index is 2.07. The minimum atomic E-state index is -1.20. The number of amides is 2. The maximum absolute atomic E-state index is 13.0. The van der Waals surface area contributed by atoms with Crippen molar-refractivity contribution >= 4 is 40.7 Å². The fraction of sp³-hybridized carbons (Fsp3) is 0.118. The highest BCUT2D eigenvalue weighted by Crippen LogP contribution is 2.28. The number of hydrogen-bond acceptors (Lipinski definition) is 2. The smallest absolute Gasteiger partial charge is 0.319 e. The summed E-state index contributed by atoms with van der Waals surface area (Å²) in [5.74, 6) is -0.290. The fourth-order valence-electron chi connectivity index (χ4n) is 2.48. The maximum atomic E-state index is 13.0. The molecule has 4 nitrogen and oxygen atoms in total. The summed E-state index contributed by atoms with van der Waals surface area (Å²) >= 11 is 11.8. The van der Waals surface area contributed by atoms with E-state index < -0.39 is 11.6 Å². The monoisotopic (exact) mass is 346 g/mol. The number of nitrogens with zero attached hydrogens (tertiary/aromatic N) is 1. The predicted octanol–water partition coefficient (Wildman–Crippen LogP) is 3.99. The van der Waals surface area contributed by atoms with Gasteiger partial charge in [-0.3, -0.25) is 4.79 Å². The number of rotatable bonds is 2. The topological polar surface area (TPSA) is 58.5 Å². The van der Waals surface area contributed by atoms with Gasteiger partial charge in [-0.15, -0.1) is 0 Å². The molecule has 1 aliphatic heterocycles. The van der Waals surface area contributed by atoms with E-state index in [-0.39, 0.29) is 11.5 Å². The number of benzene rings is 2. The van der Waals surface area contributed by atoms with Crippen molar-refractivity contribution in [1.82, 2.24) is 5.32 Å². The second-order valence-corrected chi connectivity index (χ2v) is 6.23. The van der Waals surface area contributed by atoms with E-state index in [2.05, 4.69) is 10.3 Å². The Morgan fingerprint density at radius 2 is 1.43 bits per heavy atom. The van der Waals surface area contributed by atoms with Crippen molar-refractivity contribution in [2.75, 3.05) is 0 Å². The zero-order valence-corrected chi connectivity index (χ0v) is 13.7. The van der Waals surface area contributed by atoms with Gasteiger partial charge in [0.1, 0.15) is 11.3 Å². The molecule has 0 saturated carbocycles. The fourth-order valence-corrected chi connectivity index (χ4v) is 2.73. The molecule has 0 fully saturated rings. The van der Waals surface area contributed by atoms with Gasteiger partial charge in [0.15, 0.2) is 0 Å². The first kappa shape index (κ1) is 15.7. The third-order valence-corrected chi connectivity index (χ3v) is 4.28. The second kappa shape index (κ2) is 5.80. The lowest BCUT2D eigenvalue weighted by atomic mass is 9.82. The van der Waals surface area contributed by atoms with Crippen LogP contribution in [0.4, 0.5) is 4.79 Å². The Bertz CT molecular complexity index is 813. The van der Waals surface area contributed by atoms with Crippen molar-refractivity contribution < 1.29 is 9.59 Å².